The van der Waals surface area contributed by atoms with Crippen molar-refractivity contribution in [1.82, 2.24) is 4.90 Å². The molecule has 0 unspecified atom stereocenters. The fourth-order valence-corrected chi connectivity index (χ4v) is 2.30. The van der Waals surface area contributed by atoms with Crippen molar-refractivity contribution >= 4 is 0 Å². The van der Waals surface area contributed by atoms with Crippen molar-refractivity contribution in [2.24, 2.45) is 0 Å². The lowest BCUT2D eigenvalue weighted by atomic mass is 10.2. The van der Waals surface area contributed by atoms with Gasteiger partial charge >= 0.3 is 0 Å². The van der Waals surface area contributed by atoms with Gasteiger partial charge in [-0.25, -0.2) is 0 Å². The first kappa shape index (κ1) is 19.1. The van der Waals surface area contributed by atoms with Crippen LogP contribution in [0.25, 0.3) is 0 Å². The molecule has 0 spiro atoms. The lowest BCUT2D eigenvalue weighted by molar-refractivity contribution is 0.0331. The zero-order chi connectivity index (χ0) is 16.0. The van der Waals surface area contributed by atoms with Crippen molar-refractivity contribution < 1.29 is 9.47 Å². The van der Waals surface area contributed by atoms with Gasteiger partial charge in [0.1, 0.15) is 0 Å². The first-order valence-electron chi connectivity index (χ1n) is 8.67. The van der Waals surface area contributed by atoms with Crippen molar-refractivity contribution in [3.8, 4) is 0 Å². The summed E-state index contributed by atoms with van der Waals surface area (Å²) in [6.07, 6.45) is 3.66. The van der Waals surface area contributed by atoms with E-state index in [1.54, 1.807) is 0 Å². The van der Waals surface area contributed by atoms with Gasteiger partial charge in [-0.05, 0) is 25.8 Å². The minimum atomic E-state index is 0.522. The molecule has 0 heterocycles. The highest BCUT2D eigenvalue weighted by Gasteiger charge is 2.09. The summed E-state index contributed by atoms with van der Waals surface area (Å²) in [7, 11) is 0. The lowest BCUT2D eigenvalue weighted by Crippen LogP contribution is -2.33. The zero-order valence-corrected chi connectivity index (χ0v) is 14.6. The predicted octanol–water partition coefficient (Wildman–Crippen LogP) is 4.12. The zero-order valence-electron chi connectivity index (χ0n) is 14.6. The van der Waals surface area contributed by atoms with E-state index in [2.05, 4.69) is 56.0 Å². The van der Waals surface area contributed by atoms with Gasteiger partial charge < -0.3 is 9.47 Å². The fourth-order valence-electron chi connectivity index (χ4n) is 2.30. The van der Waals surface area contributed by atoms with Crippen LogP contribution in [0.1, 0.15) is 45.6 Å². The van der Waals surface area contributed by atoms with Gasteiger partial charge in [0, 0.05) is 25.7 Å². The van der Waals surface area contributed by atoms with Crippen LogP contribution >= 0.6 is 0 Å². The Kier molecular flexibility index (Phi) is 11.0. The quantitative estimate of drug-likeness (QED) is 0.512. The van der Waals surface area contributed by atoms with Crippen LogP contribution in [0.5, 0.6) is 0 Å². The number of rotatable bonds is 13. The summed E-state index contributed by atoms with van der Waals surface area (Å²) >= 11 is 0. The smallest absolute Gasteiger partial charge is 0.0701 e. The standard InChI is InChI=1S/C19H33NO2/c1-4-5-9-13-21-15-16-22-14-12-20(18(2)3)17-19-10-7-6-8-11-19/h6-8,10-11,18H,4-5,9,12-17H2,1-3H3. The Morgan fingerprint density at radius 3 is 2.23 bits per heavy atom. The van der Waals surface area contributed by atoms with E-state index in [9.17, 15) is 0 Å². The molecule has 1 aromatic rings. The molecule has 0 aromatic heterocycles. The van der Waals surface area contributed by atoms with Gasteiger partial charge in [0.15, 0.2) is 0 Å². The predicted molar refractivity (Wildman–Crippen MR) is 93.2 cm³/mol. The van der Waals surface area contributed by atoms with E-state index in [4.69, 9.17) is 9.47 Å². The summed E-state index contributed by atoms with van der Waals surface area (Å²) in [5.41, 5.74) is 1.36. The van der Waals surface area contributed by atoms with Crippen LogP contribution in [-0.2, 0) is 16.0 Å². The van der Waals surface area contributed by atoms with Crippen molar-refractivity contribution in [2.45, 2.75) is 52.6 Å². The number of hydrogen-bond acceptors (Lipinski definition) is 3. The number of ether oxygens (including phenoxy) is 2. The first-order valence-corrected chi connectivity index (χ1v) is 8.67. The molecule has 1 aromatic carbocycles. The third kappa shape index (κ3) is 9.19. The molecule has 0 saturated heterocycles. The number of hydrogen-bond donors (Lipinski definition) is 0. The van der Waals surface area contributed by atoms with E-state index in [-0.39, 0.29) is 0 Å². The molecule has 22 heavy (non-hydrogen) atoms. The maximum Gasteiger partial charge on any atom is 0.0701 e. The summed E-state index contributed by atoms with van der Waals surface area (Å²) in [5.74, 6) is 0. The van der Waals surface area contributed by atoms with Crippen LogP contribution in [0.4, 0.5) is 0 Å². The van der Waals surface area contributed by atoms with Gasteiger partial charge in [0.05, 0.1) is 19.8 Å². The highest BCUT2D eigenvalue weighted by Crippen LogP contribution is 2.07. The fraction of sp³-hybridized carbons (Fsp3) is 0.684. The second-order valence-corrected chi connectivity index (χ2v) is 5.98. The van der Waals surface area contributed by atoms with Crippen LogP contribution < -0.4 is 0 Å². The molecule has 1 rings (SSSR count). The normalized spacial score (nSPS) is 11.5. The van der Waals surface area contributed by atoms with Crippen LogP contribution in [-0.4, -0.2) is 43.9 Å². The molecule has 0 aliphatic heterocycles. The molecule has 0 atom stereocenters. The van der Waals surface area contributed by atoms with Crippen LogP contribution in [0, 0.1) is 0 Å². The second-order valence-electron chi connectivity index (χ2n) is 5.98. The van der Waals surface area contributed by atoms with Crippen LogP contribution in [0.3, 0.4) is 0 Å². The molecule has 3 heteroatoms. The summed E-state index contributed by atoms with van der Waals surface area (Å²) in [6.45, 7) is 11.7. The largest absolute Gasteiger partial charge is 0.379 e. The van der Waals surface area contributed by atoms with Gasteiger partial charge in [0.2, 0.25) is 0 Å². The number of nitrogens with zero attached hydrogens (tertiary/aromatic N) is 1. The van der Waals surface area contributed by atoms with E-state index in [1.165, 1.54) is 18.4 Å². The Morgan fingerprint density at radius 2 is 1.59 bits per heavy atom. The van der Waals surface area contributed by atoms with Gasteiger partial charge in [-0.2, -0.15) is 0 Å². The van der Waals surface area contributed by atoms with Gasteiger partial charge in [-0.1, -0.05) is 50.1 Å². The molecular weight excluding hydrogens is 274 g/mol. The Hall–Kier alpha value is -0.900. The topological polar surface area (TPSA) is 21.7 Å². The summed E-state index contributed by atoms with van der Waals surface area (Å²) < 4.78 is 11.2. The minimum absolute atomic E-state index is 0.522. The van der Waals surface area contributed by atoms with Crippen molar-refractivity contribution in [1.29, 1.82) is 0 Å². The molecule has 0 N–H and O–H groups in total. The van der Waals surface area contributed by atoms with E-state index in [0.29, 0.717) is 19.3 Å². The minimum Gasteiger partial charge on any atom is -0.379 e. The molecular formula is C19H33NO2. The first-order chi connectivity index (χ1) is 10.7. The van der Waals surface area contributed by atoms with Gasteiger partial charge in [-0.15, -0.1) is 0 Å². The van der Waals surface area contributed by atoms with E-state index in [1.807, 2.05) is 0 Å². The number of benzene rings is 1. The molecule has 0 saturated carbocycles. The van der Waals surface area contributed by atoms with Crippen LogP contribution in [0.2, 0.25) is 0 Å². The molecule has 0 aliphatic carbocycles. The van der Waals surface area contributed by atoms with Gasteiger partial charge in [-0.3, -0.25) is 4.90 Å². The molecule has 0 radical (unpaired) electrons. The third-order valence-electron chi connectivity index (χ3n) is 3.75. The SMILES string of the molecule is CCCCCOCCOCCN(Cc1ccccc1)C(C)C. The van der Waals surface area contributed by atoms with Crippen molar-refractivity contribution in [3.05, 3.63) is 35.9 Å². The van der Waals surface area contributed by atoms with E-state index >= 15 is 0 Å². The summed E-state index contributed by atoms with van der Waals surface area (Å²) in [5, 5.41) is 0. The molecule has 0 amide bonds. The van der Waals surface area contributed by atoms with E-state index < -0.39 is 0 Å². The van der Waals surface area contributed by atoms with E-state index in [0.717, 1.165) is 32.7 Å². The summed E-state index contributed by atoms with van der Waals surface area (Å²) in [6, 6.07) is 11.1. The average Bonchev–Trinajstić information content (AvgIpc) is 2.53. The Balaban J connectivity index is 2.09. The Labute approximate surface area is 136 Å². The van der Waals surface area contributed by atoms with Gasteiger partial charge in [0.25, 0.3) is 0 Å². The van der Waals surface area contributed by atoms with Crippen molar-refractivity contribution in [2.75, 3.05) is 33.0 Å². The number of unbranched alkanes of at least 4 members (excludes halogenated alkanes) is 2. The average molecular weight is 307 g/mol. The molecule has 0 bridgehead atoms. The third-order valence-corrected chi connectivity index (χ3v) is 3.75. The maximum atomic E-state index is 5.69. The molecule has 126 valence electrons. The second kappa shape index (κ2) is 12.6. The Bertz CT molecular complexity index is 354. The molecule has 3 nitrogen and oxygen atoms in total. The monoisotopic (exact) mass is 307 g/mol. The lowest BCUT2D eigenvalue weighted by Gasteiger charge is -2.26. The Morgan fingerprint density at radius 1 is 0.909 bits per heavy atom. The highest BCUT2D eigenvalue weighted by atomic mass is 16.5. The van der Waals surface area contributed by atoms with Crippen LogP contribution in [0.15, 0.2) is 30.3 Å². The molecule has 0 fully saturated rings. The maximum absolute atomic E-state index is 5.69. The highest BCUT2D eigenvalue weighted by molar-refractivity contribution is 5.14. The molecule has 0 aliphatic rings. The summed E-state index contributed by atoms with van der Waals surface area (Å²) in [4.78, 5) is 2.44. The van der Waals surface area contributed by atoms with Crippen molar-refractivity contribution in [3.63, 3.8) is 0 Å².